The Hall–Kier alpha value is -2.35. The zero-order valence-corrected chi connectivity index (χ0v) is 25.6. The second kappa shape index (κ2) is 14.5. The molecular formula is C32H43ClN2O4S. The molecule has 0 spiro atoms. The fourth-order valence-corrected chi connectivity index (χ4v) is 7.02. The lowest BCUT2D eigenvalue weighted by Gasteiger charge is -2.43. The van der Waals surface area contributed by atoms with Crippen LogP contribution in [-0.2, 0) is 28.3 Å². The Morgan fingerprint density at radius 2 is 2.08 bits per heavy atom. The Labute approximate surface area is 246 Å². The summed E-state index contributed by atoms with van der Waals surface area (Å²) in [5.41, 5.74) is 3.76. The average Bonchev–Trinajstić information content (AvgIpc) is 2.96. The summed E-state index contributed by atoms with van der Waals surface area (Å²) >= 11 is 6.40. The number of nitrogens with zero attached hydrogens (tertiary/aromatic N) is 2. The Kier molecular flexibility index (Phi) is 11.1. The van der Waals surface area contributed by atoms with E-state index in [0.717, 1.165) is 61.5 Å². The van der Waals surface area contributed by atoms with Crippen LogP contribution >= 0.6 is 11.6 Å². The summed E-state index contributed by atoms with van der Waals surface area (Å²) in [7, 11) is -0.208. The van der Waals surface area contributed by atoms with Crippen molar-refractivity contribution in [3.8, 4) is 5.75 Å². The van der Waals surface area contributed by atoms with Gasteiger partial charge < -0.3 is 14.4 Å². The number of benzene rings is 2. The topological polar surface area (TPSA) is 68.2 Å². The molecule has 1 fully saturated rings. The van der Waals surface area contributed by atoms with Crippen molar-refractivity contribution in [1.29, 1.82) is 0 Å². The molecule has 2 aromatic carbocycles. The third-order valence-corrected chi connectivity index (χ3v) is 9.97. The SMILES string of the molecule is C=C[C@H](OC)[C@@H]1CC[C@H]1CN1Cc2ccc(Cl)cc2CCCCOc2ccc(C(=O)/N=[SH](=O)\C[C@@H](C)CC)cc21. The van der Waals surface area contributed by atoms with Crippen LogP contribution in [-0.4, -0.2) is 42.2 Å². The lowest BCUT2D eigenvalue weighted by molar-refractivity contribution is 0.0137. The van der Waals surface area contributed by atoms with Gasteiger partial charge in [-0.05, 0) is 91.3 Å². The molecule has 1 aliphatic carbocycles. The standard InChI is InChI=1S/C32H43ClN2O4S/c1-5-22(3)21-40(37)34-32(36)24-12-15-31-29(18-24)35(20-26-11-14-28(26)30(6-2)38-4)19-25-10-13-27(33)17-23(25)9-7-8-16-39-31/h6,10,12-13,15,17-18,22,26,28,30,40H,2,5,7-9,11,14,16,19-21H2,1,3-4H3/t22-,26-,28+,30-/m0/s1. The number of ether oxygens (including phenoxy) is 2. The van der Waals surface area contributed by atoms with Gasteiger partial charge in [0.25, 0.3) is 5.91 Å². The lowest BCUT2D eigenvalue weighted by Crippen LogP contribution is -2.43. The first-order valence-corrected chi connectivity index (χ1v) is 16.3. The Morgan fingerprint density at radius 1 is 1.25 bits per heavy atom. The van der Waals surface area contributed by atoms with Crippen LogP contribution in [0.4, 0.5) is 5.69 Å². The predicted octanol–water partition coefficient (Wildman–Crippen LogP) is 7.14. The van der Waals surface area contributed by atoms with E-state index in [1.165, 1.54) is 11.1 Å². The zero-order valence-electron chi connectivity index (χ0n) is 24.0. The van der Waals surface area contributed by atoms with Crippen molar-refractivity contribution in [2.24, 2.45) is 22.1 Å². The molecule has 4 rings (SSSR count). The van der Waals surface area contributed by atoms with Gasteiger partial charge in [-0.1, -0.05) is 44.0 Å². The highest BCUT2D eigenvalue weighted by atomic mass is 35.5. The maximum Gasteiger partial charge on any atom is 0.284 e. The van der Waals surface area contributed by atoms with E-state index < -0.39 is 16.5 Å². The van der Waals surface area contributed by atoms with Gasteiger partial charge in [-0.2, -0.15) is 4.36 Å². The minimum absolute atomic E-state index is 0.0121. The van der Waals surface area contributed by atoms with E-state index in [1.807, 2.05) is 31.2 Å². The average molecular weight is 587 g/mol. The molecule has 0 radical (unpaired) electrons. The van der Waals surface area contributed by atoms with Crippen LogP contribution in [0.2, 0.25) is 5.02 Å². The molecule has 0 aromatic heterocycles. The maximum absolute atomic E-state index is 13.1. The second-order valence-corrected chi connectivity index (χ2v) is 12.9. The molecule has 5 atom stereocenters. The van der Waals surface area contributed by atoms with E-state index in [4.69, 9.17) is 21.1 Å². The number of carbonyl (C=O) groups excluding carboxylic acids is 1. The van der Waals surface area contributed by atoms with Crippen LogP contribution in [0.3, 0.4) is 0 Å². The molecule has 1 saturated carbocycles. The number of methoxy groups -OCH3 is 1. The number of anilines is 1. The fourth-order valence-electron chi connectivity index (χ4n) is 5.63. The number of aryl methyl sites for hydroxylation is 1. The molecule has 0 N–H and O–H groups in total. The van der Waals surface area contributed by atoms with E-state index >= 15 is 0 Å². The fraction of sp³-hybridized carbons (Fsp3) is 0.531. The molecule has 1 unspecified atom stereocenters. The molecule has 1 aliphatic heterocycles. The number of hydrogen-bond acceptors (Lipinski definition) is 5. The molecule has 2 aliphatic rings. The summed E-state index contributed by atoms with van der Waals surface area (Å²) in [4.78, 5) is 15.5. The van der Waals surface area contributed by atoms with E-state index in [0.29, 0.717) is 36.3 Å². The van der Waals surface area contributed by atoms with Crippen molar-refractivity contribution in [3.05, 3.63) is 70.8 Å². The number of carbonyl (C=O) groups is 1. The summed E-state index contributed by atoms with van der Waals surface area (Å²) < 4.78 is 28.7. The monoisotopic (exact) mass is 586 g/mol. The van der Waals surface area contributed by atoms with Gasteiger partial charge >= 0.3 is 0 Å². The zero-order chi connectivity index (χ0) is 28.6. The number of halogens is 1. The molecule has 0 saturated heterocycles. The molecule has 8 heteroatoms. The number of fused-ring (bicyclic) bond motifs is 2. The second-order valence-electron chi connectivity index (χ2n) is 11.2. The van der Waals surface area contributed by atoms with Gasteiger partial charge in [0.2, 0.25) is 0 Å². The van der Waals surface area contributed by atoms with E-state index in [9.17, 15) is 9.00 Å². The highest BCUT2D eigenvalue weighted by Crippen LogP contribution is 2.41. The van der Waals surface area contributed by atoms with Crippen LogP contribution in [0, 0.1) is 17.8 Å². The van der Waals surface area contributed by atoms with Crippen LogP contribution < -0.4 is 9.64 Å². The molecule has 2 aromatic rings. The van der Waals surface area contributed by atoms with Crippen LogP contribution in [0.5, 0.6) is 5.75 Å². The minimum atomic E-state index is -1.95. The van der Waals surface area contributed by atoms with Crippen LogP contribution in [0.15, 0.2) is 53.4 Å². The van der Waals surface area contributed by atoms with Gasteiger partial charge in [0.1, 0.15) is 5.75 Å². The van der Waals surface area contributed by atoms with Crippen molar-refractivity contribution in [2.45, 2.75) is 65.0 Å². The Bertz CT molecular complexity index is 1280. The van der Waals surface area contributed by atoms with Gasteiger partial charge in [0.15, 0.2) is 0 Å². The van der Waals surface area contributed by atoms with Crippen molar-refractivity contribution >= 4 is 33.8 Å². The first kappa shape index (κ1) is 30.6. The molecule has 6 nitrogen and oxygen atoms in total. The smallest absolute Gasteiger partial charge is 0.284 e. The van der Waals surface area contributed by atoms with Gasteiger partial charge in [-0.3, -0.25) is 9.00 Å². The Balaban J connectivity index is 1.73. The largest absolute Gasteiger partial charge is 0.491 e. The summed E-state index contributed by atoms with van der Waals surface area (Å²) in [6.45, 7) is 10.1. The lowest BCUT2D eigenvalue weighted by atomic mass is 9.70. The summed E-state index contributed by atoms with van der Waals surface area (Å²) in [6, 6.07) is 11.6. The van der Waals surface area contributed by atoms with E-state index in [2.05, 4.69) is 34.9 Å². The Morgan fingerprint density at radius 3 is 2.77 bits per heavy atom. The predicted molar refractivity (Wildman–Crippen MR) is 165 cm³/mol. The quantitative estimate of drug-likeness (QED) is 0.250. The van der Waals surface area contributed by atoms with Crippen molar-refractivity contribution in [2.75, 3.05) is 30.9 Å². The third kappa shape index (κ3) is 7.68. The third-order valence-electron chi connectivity index (χ3n) is 8.40. The molecule has 218 valence electrons. The highest BCUT2D eigenvalue weighted by Gasteiger charge is 2.37. The van der Waals surface area contributed by atoms with Crippen LogP contribution in [0.25, 0.3) is 0 Å². The number of rotatable bonds is 9. The van der Waals surface area contributed by atoms with Crippen molar-refractivity contribution in [3.63, 3.8) is 0 Å². The van der Waals surface area contributed by atoms with Gasteiger partial charge in [0, 0.05) is 47.1 Å². The summed E-state index contributed by atoms with van der Waals surface area (Å²) in [5.74, 6) is 1.78. The summed E-state index contributed by atoms with van der Waals surface area (Å²) in [6.07, 6.45) is 7.86. The number of thiol groups is 1. The van der Waals surface area contributed by atoms with Gasteiger partial charge in [-0.15, -0.1) is 6.58 Å². The first-order chi connectivity index (χ1) is 19.3. The van der Waals surface area contributed by atoms with Gasteiger partial charge in [-0.25, -0.2) is 0 Å². The number of amides is 1. The molecule has 1 amide bonds. The molecular weight excluding hydrogens is 544 g/mol. The molecule has 40 heavy (non-hydrogen) atoms. The first-order valence-electron chi connectivity index (χ1n) is 14.5. The summed E-state index contributed by atoms with van der Waals surface area (Å²) in [5, 5.41) is 0.741. The van der Waals surface area contributed by atoms with Crippen molar-refractivity contribution in [1.82, 2.24) is 0 Å². The van der Waals surface area contributed by atoms with Gasteiger partial charge in [0.05, 0.1) is 18.4 Å². The van der Waals surface area contributed by atoms with Crippen LogP contribution in [0.1, 0.15) is 67.4 Å². The highest BCUT2D eigenvalue weighted by molar-refractivity contribution is 7.75. The van der Waals surface area contributed by atoms with E-state index in [1.54, 1.807) is 13.2 Å². The van der Waals surface area contributed by atoms with Crippen molar-refractivity contribution < 1.29 is 18.5 Å². The van der Waals surface area contributed by atoms with E-state index in [-0.39, 0.29) is 12.0 Å². The number of hydrogen-bond donors (Lipinski definition) is 1. The molecule has 0 bridgehead atoms. The molecule has 1 heterocycles. The maximum atomic E-state index is 13.1. The normalized spacial score (nSPS) is 21.6. The minimum Gasteiger partial charge on any atom is -0.491 e.